The normalized spacial score (nSPS) is 12.7. The minimum Gasteiger partial charge on any atom is -0.326 e. The molecule has 0 spiro atoms. The predicted octanol–water partition coefficient (Wildman–Crippen LogP) is 3.51. The van der Waals surface area contributed by atoms with Gasteiger partial charge in [0.15, 0.2) is 0 Å². The second-order valence-corrected chi connectivity index (χ2v) is 4.45. The zero-order chi connectivity index (χ0) is 10.6. The zero-order valence-corrected chi connectivity index (χ0v) is 10.3. The first kappa shape index (κ1) is 14.2. The summed E-state index contributed by atoms with van der Waals surface area (Å²) in [4.78, 5) is 0. The summed E-state index contributed by atoms with van der Waals surface area (Å²) in [6.07, 6.45) is 2.91. The highest BCUT2D eigenvalue weighted by Gasteiger charge is 2.17. The Kier molecular flexibility index (Phi) is 5.63. The van der Waals surface area contributed by atoms with Crippen molar-refractivity contribution in [2.24, 2.45) is 5.73 Å². The fourth-order valence-corrected chi connectivity index (χ4v) is 1.60. The van der Waals surface area contributed by atoms with Gasteiger partial charge in [-0.3, -0.25) is 0 Å². The number of benzene rings is 1. The van der Waals surface area contributed by atoms with Gasteiger partial charge in [0.1, 0.15) is 0 Å². The first-order chi connectivity index (χ1) is 6.53. The fourth-order valence-electron chi connectivity index (χ4n) is 1.60. The van der Waals surface area contributed by atoms with Crippen LogP contribution in [0.2, 0.25) is 0 Å². The smallest absolute Gasteiger partial charge is 0.0106 e. The Bertz CT molecular complexity index is 287. The van der Waals surface area contributed by atoms with Gasteiger partial charge in [0, 0.05) is 11.5 Å². The molecule has 0 fully saturated rings. The monoisotopic (exact) mass is 225 g/mol. The maximum absolute atomic E-state index is 6.00. The van der Waals surface area contributed by atoms with Crippen LogP contribution in [0.25, 0.3) is 0 Å². The summed E-state index contributed by atoms with van der Waals surface area (Å²) < 4.78 is 0. The Morgan fingerprint density at radius 2 is 1.87 bits per heavy atom. The molecule has 15 heavy (non-hydrogen) atoms. The molecule has 1 aromatic rings. The van der Waals surface area contributed by atoms with Gasteiger partial charge < -0.3 is 5.73 Å². The molecular formula is C13H20ClN. The Labute approximate surface area is 98.8 Å². The van der Waals surface area contributed by atoms with Crippen molar-refractivity contribution in [3.8, 4) is 0 Å². The Morgan fingerprint density at radius 1 is 1.33 bits per heavy atom. The van der Waals surface area contributed by atoms with E-state index in [2.05, 4.69) is 30.8 Å². The van der Waals surface area contributed by atoms with Crippen molar-refractivity contribution < 1.29 is 0 Å². The molecule has 0 aliphatic carbocycles. The van der Waals surface area contributed by atoms with Crippen LogP contribution in [0.3, 0.4) is 0 Å². The predicted molar refractivity (Wildman–Crippen MR) is 69.5 cm³/mol. The Balaban J connectivity index is 0.00000196. The second kappa shape index (κ2) is 5.94. The molecule has 1 aromatic carbocycles. The summed E-state index contributed by atoms with van der Waals surface area (Å²) in [6.45, 7) is 7.96. The van der Waals surface area contributed by atoms with E-state index in [0.29, 0.717) is 5.92 Å². The largest absolute Gasteiger partial charge is 0.326 e. The SMILES string of the molecule is C=CC(CC(C)(C)N)c1ccccc1.Cl. The highest BCUT2D eigenvalue weighted by atomic mass is 35.5. The van der Waals surface area contributed by atoms with E-state index in [0.717, 1.165) is 6.42 Å². The van der Waals surface area contributed by atoms with Crippen molar-refractivity contribution >= 4 is 12.4 Å². The number of nitrogens with two attached hydrogens (primary N) is 1. The Morgan fingerprint density at radius 3 is 2.27 bits per heavy atom. The lowest BCUT2D eigenvalue weighted by molar-refractivity contribution is 0.454. The molecule has 0 bridgehead atoms. The van der Waals surface area contributed by atoms with E-state index in [1.807, 2.05) is 26.0 Å². The van der Waals surface area contributed by atoms with Gasteiger partial charge in [0.05, 0.1) is 0 Å². The lowest BCUT2D eigenvalue weighted by atomic mass is 9.87. The van der Waals surface area contributed by atoms with Gasteiger partial charge in [-0.15, -0.1) is 19.0 Å². The van der Waals surface area contributed by atoms with Gasteiger partial charge >= 0.3 is 0 Å². The molecule has 0 radical (unpaired) electrons. The van der Waals surface area contributed by atoms with E-state index >= 15 is 0 Å². The van der Waals surface area contributed by atoms with Crippen LogP contribution in [0.15, 0.2) is 43.0 Å². The van der Waals surface area contributed by atoms with Crippen LogP contribution < -0.4 is 5.73 Å². The van der Waals surface area contributed by atoms with Crippen LogP contribution in [0.1, 0.15) is 31.7 Å². The molecule has 2 heteroatoms. The Hall–Kier alpha value is -0.790. The summed E-state index contributed by atoms with van der Waals surface area (Å²) in [5.74, 6) is 0.358. The molecule has 84 valence electrons. The molecule has 0 aromatic heterocycles. The molecular weight excluding hydrogens is 206 g/mol. The van der Waals surface area contributed by atoms with Gasteiger partial charge in [-0.25, -0.2) is 0 Å². The average Bonchev–Trinajstić information content (AvgIpc) is 2.14. The van der Waals surface area contributed by atoms with Crippen LogP contribution in [0.5, 0.6) is 0 Å². The van der Waals surface area contributed by atoms with Gasteiger partial charge in [-0.05, 0) is 25.8 Å². The molecule has 0 saturated heterocycles. The number of halogens is 1. The van der Waals surface area contributed by atoms with E-state index in [9.17, 15) is 0 Å². The van der Waals surface area contributed by atoms with Gasteiger partial charge in [0.25, 0.3) is 0 Å². The first-order valence-corrected chi connectivity index (χ1v) is 4.99. The minimum absolute atomic E-state index is 0. The number of rotatable bonds is 4. The molecule has 1 nitrogen and oxygen atoms in total. The highest BCUT2D eigenvalue weighted by molar-refractivity contribution is 5.85. The number of hydrogen-bond donors (Lipinski definition) is 1. The van der Waals surface area contributed by atoms with Gasteiger partial charge in [0.2, 0.25) is 0 Å². The van der Waals surface area contributed by atoms with E-state index in [1.54, 1.807) is 0 Å². The van der Waals surface area contributed by atoms with Crippen molar-refractivity contribution in [2.45, 2.75) is 31.7 Å². The molecule has 0 heterocycles. The molecule has 1 rings (SSSR count). The summed E-state index contributed by atoms with van der Waals surface area (Å²) in [6, 6.07) is 10.4. The lowest BCUT2D eigenvalue weighted by Gasteiger charge is -2.24. The van der Waals surface area contributed by atoms with E-state index < -0.39 is 0 Å². The van der Waals surface area contributed by atoms with E-state index in [-0.39, 0.29) is 17.9 Å². The molecule has 2 N–H and O–H groups in total. The van der Waals surface area contributed by atoms with E-state index in [1.165, 1.54) is 5.56 Å². The second-order valence-electron chi connectivity index (χ2n) is 4.45. The molecule has 0 saturated carbocycles. The minimum atomic E-state index is -0.144. The number of hydrogen-bond acceptors (Lipinski definition) is 1. The summed E-state index contributed by atoms with van der Waals surface area (Å²) in [7, 11) is 0. The third-order valence-electron chi connectivity index (χ3n) is 2.26. The third-order valence-corrected chi connectivity index (χ3v) is 2.26. The fraction of sp³-hybridized carbons (Fsp3) is 0.385. The first-order valence-electron chi connectivity index (χ1n) is 4.99. The lowest BCUT2D eigenvalue weighted by Crippen LogP contribution is -2.33. The average molecular weight is 226 g/mol. The van der Waals surface area contributed by atoms with Crippen molar-refractivity contribution in [2.75, 3.05) is 0 Å². The molecule has 0 aliphatic rings. The topological polar surface area (TPSA) is 26.0 Å². The maximum Gasteiger partial charge on any atom is 0.0106 e. The standard InChI is InChI=1S/C13H19N.ClH/c1-4-11(10-13(2,3)14)12-8-6-5-7-9-12;/h4-9,11H,1,10,14H2,2-3H3;1H. The summed E-state index contributed by atoms with van der Waals surface area (Å²) in [5, 5.41) is 0. The van der Waals surface area contributed by atoms with Crippen molar-refractivity contribution in [3.05, 3.63) is 48.6 Å². The van der Waals surface area contributed by atoms with Crippen LogP contribution in [-0.2, 0) is 0 Å². The molecule has 0 amide bonds. The zero-order valence-electron chi connectivity index (χ0n) is 9.44. The quantitative estimate of drug-likeness (QED) is 0.780. The van der Waals surface area contributed by atoms with Crippen LogP contribution in [0, 0.1) is 0 Å². The summed E-state index contributed by atoms with van der Waals surface area (Å²) in [5.41, 5.74) is 7.15. The van der Waals surface area contributed by atoms with Crippen molar-refractivity contribution in [3.63, 3.8) is 0 Å². The van der Waals surface area contributed by atoms with Gasteiger partial charge in [-0.2, -0.15) is 0 Å². The molecule has 1 atom stereocenters. The maximum atomic E-state index is 6.00. The van der Waals surface area contributed by atoms with Crippen LogP contribution >= 0.6 is 12.4 Å². The third kappa shape index (κ3) is 5.01. The number of allylic oxidation sites excluding steroid dienone is 1. The molecule has 1 unspecified atom stereocenters. The van der Waals surface area contributed by atoms with Crippen molar-refractivity contribution in [1.82, 2.24) is 0 Å². The molecule has 0 aliphatic heterocycles. The van der Waals surface area contributed by atoms with Crippen LogP contribution in [0.4, 0.5) is 0 Å². The highest BCUT2D eigenvalue weighted by Crippen LogP contribution is 2.25. The van der Waals surface area contributed by atoms with Gasteiger partial charge in [-0.1, -0.05) is 36.4 Å². The summed E-state index contributed by atoms with van der Waals surface area (Å²) >= 11 is 0. The van der Waals surface area contributed by atoms with Crippen molar-refractivity contribution in [1.29, 1.82) is 0 Å². The van der Waals surface area contributed by atoms with Crippen LogP contribution in [-0.4, -0.2) is 5.54 Å². The van der Waals surface area contributed by atoms with E-state index in [4.69, 9.17) is 5.73 Å².